The summed E-state index contributed by atoms with van der Waals surface area (Å²) in [6, 6.07) is 0.506. The maximum atomic E-state index is 17.9. The van der Waals surface area contributed by atoms with Crippen molar-refractivity contribution < 1.29 is 112 Å². The van der Waals surface area contributed by atoms with Gasteiger partial charge in [0.2, 0.25) is 0 Å². The third kappa shape index (κ3) is 10.8. The fraction of sp³-hybridized carbons (Fsp3) is 0.594. The first-order valence-corrected chi connectivity index (χ1v) is 32.7. The molecular weight excluding hydrogens is 1270 g/mol. The Morgan fingerprint density at radius 2 is 1.05 bits per heavy atom. The summed E-state index contributed by atoms with van der Waals surface area (Å²) in [5.74, 6) is -11.7. The molecular formula is C69H84N4O24. The van der Waals surface area contributed by atoms with Crippen LogP contribution in [0.2, 0.25) is 0 Å². The van der Waals surface area contributed by atoms with E-state index in [4.69, 9.17) is 52.1 Å². The summed E-state index contributed by atoms with van der Waals surface area (Å²) in [6.45, 7) is 9.90. The molecule has 524 valence electrons. The van der Waals surface area contributed by atoms with Crippen LogP contribution in [-0.2, 0) is 52.1 Å². The van der Waals surface area contributed by atoms with Crippen molar-refractivity contribution >= 4 is 50.5 Å². The number of aliphatic hydroxyl groups is 4. The van der Waals surface area contributed by atoms with Gasteiger partial charge < -0.3 is 108 Å². The Labute approximate surface area is 556 Å². The highest BCUT2D eigenvalue weighted by Gasteiger charge is 2.71. The number of ketones is 3. The molecule has 28 heteroatoms. The molecule has 97 heavy (non-hydrogen) atoms. The summed E-state index contributed by atoms with van der Waals surface area (Å²) in [6.07, 6.45) is -17.9. The van der Waals surface area contributed by atoms with Gasteiger partial charge in [-0.25, -0.2) is 0 Å². The van der Waals surface area contributed by atoms with Crippen molar-refractivity contribution in [1.29, 1.82) is 0 Å². The van der Waals surface area contributed by atoms with Crippen molar-refractivity contribution in [3.63, 3.8) is 0 Å². The number of fused-ring (bicyclic) bond motifs is 8. The number of aliphatic hydroxyl groups excluding tert-OH is 4. The van der Waals surface area contributed by atoms with Gasteiger partial charge in [-0.15, -0.1) is 0 Å². The van der Waals surface area contributed by atoms with E-state index in [1.807, 2.05) is 0 Å². The third-order valence-electron chi connectivity index (χ3n) is 21.6. The minimum atomic E-state index is -2.51. The summed E-state index contributed by atoms with van der Waals surface area (Å²) in [7, 11) is 11.3. The first kappa shape index (κ1) is 70.1. The molecule has 0 bridgehead atoms. The molecule has 28 nitrogen and oxygen atoms in total. The minimum absolute atomic E-state index is 0.101. The van der Waals surface area contributed by atoms with Crippen molar-refractivity contribution in [2.75, 3.05) is 49.5 Å². The number of methoxy groups -OCH3 is 3. The van der Waals surface area contributed by atoms with Crippen LogP contribution in [0.3, 0.4) is 0 Å². The molecule has 0 aromatic heterocycles. The molecule has 4 fully saturated rings. The van der Waals surface area contributed by atoms with E-state index < -0.39 is 252 Å². The molecule has 0 amide bonds. The lowest BCUT2D eigenvalue weighted by Crippen LogP contribution is -2.68. The predicted molar refractivity (Wildman–Crippen MR) is 341 cm³/mol. The molecule has 8 N–H and O–H groups in total. The van der Waals surface area contributed by atoms with Crippen molar-refractivity contribution in [2.45, 2.75) is 202 Å². The topological polar surface area (TPSA) is 392 Å². The van der Waals surface area contributed by atoms with Crippen molar-refractivity contribution in [2.24, 2.45) is 11.8 Å². The molecule has 0 radical (unpaired) electrons. The Balaban J connectivity index is 1.24. The van der Waals surface area contributed by atoms with Crippen LogP contribution < -0.4 is 16.2 Å². The molecule has 4 saturated heterocycles. The Kier molecular flexibility index (Phi) is 18.8. The van der Waals surface area contributed by atoms with Crippen molar-refractivity contribution in [3.05, 3.63) is 100 Å². The van der Waals surface area contributed by atoms with Gasteiger partial charge in [0.15, 0.2) is 53.4 Å². The number of carbonyl (C=O) groups excluding carboxylic acids is 3. The van der Waals surface area contributed by atoms with Gasteiger partial charge in [-0.3, -0.25) is 24.0 Å². The van der Waals surface area contributed by atoms with E-state index in [-0.39, 0.29) is 48.8 Å². The zero-order chi connectivity index (χ0) is 70.2. The number of benzene rings is 3. The zero-order valence-corrected chi connectivity index (χ0v) is 56.1. The molecule has 4 aromatic carbocycles. The maximum absolute atomic E-state index is 17.9. The van der Waals surface area contributed by atoms with Gasteiger partial charge in [0, 0.05) is 74.7 Å². The van der Waals surface area contributed by atoms with E-state index in [2.05, 4.69) is 4.79 Å². The van der Waals surface area contributed by atoms with Crippen LogP contribution in [0.25, 0.3) is 38.7 Å². The SMILES string of the molecule is CC[C@@]1(O[C@@H]2C[C@@H](OC)[C@H](O)[C@@H](C)O2)[C@H](O[C@@H]2C[C@H](O)[C@@H](N(C)C)[C@H](C)O2)C2=Cc3c(O)c4c(c(O)c3C2=C(O)[C@@H]1[C@H]1C(=O)c2c(c(=[N+]=[N-])c3c(O)c5c(=O)ccc(=O)c5c(O)c23)[C@@H](O[C@@H]2C[C@H](O)[C@@H](N(C)C)[C@H](C)O2)[C@@]1(CC)O[C@@H]1C[C@@H](OC)[C@H](OC)[C@@H](C)O1)C(=O)C=CC4=O. The van der Waals surface area contributed by atoms with Crippen LogP contribution in [0.5, 0.6) is 23.0 Å². The second kappa shape index (κ2) is 26.1. The van der Waals surface area contributed by atoms with Crippen LogP contribution >= 0.6 is 0 Å². The number of hydrogen-bond donors (Lipinski definition) is 8. The van der Waals surface area contributed by atoms with Gasteiger partial charge >= 0.3 is 5.36 Å². The van der Waals surface area contributed by atoms with Crippen LogP contribution in [-0.4, -0.2) is 238 Å². The fourth-order valence-electron chi connectivity index (χ4n) is 17.4. The smallest absolute Gasteiger partial charge is 0.333 e. The Bertz CT molecular complexity index is 4130. The van der Waals surface area contributed by atoms with Crippen LogP contribution in [0.1, 0.15) is 134 Å². The Hall–Kier alpha value is -6.77. The summed E-state index contributed by atoms with van der Waals surface area (Å²) in [5.41, 5.74) is 1.39. The molecule has 4 aliphatic carbocycles. The lowest BCUT2D eigenvalue weighted by Gasteiger charge is -2.59. The van der Waals surface area contributed by atoms with E-state index in [1.54, 1.807) is 79.5 Å². The average Bonchev–Trinajstić information content (AvgIpc) is 1.60. The summed E-state index contributed by atoms with van der Waals surface area (Å²) in [4.78, 5) is 81.2. The number of nitrogens with zero attached hydrogens (tertiary/aromatic N) is 4. The van der Waals surface area contributed by atoms with Crippen LogP contribution in [0, 0.1) is 11.8 Å². The number of ether oxygens (including phenoxy) is 11. The van der Waals surface area contributed by atoms with E-state index >= 15 is 4.79 Å². The van der Waals surface area contributed by atoms with Gasteiger partial charge in [0.25, 0.3) is 0 Å². The number of phenols is 4. The fourth-order valence-corrected chi connectivity index (χ4v) is 17.4. The maximum Gasteiger partial charge on any atom is 0.333 e. The molecule has 8 aliphatic rings. The van der Waals surface area contributed by atoms with Crippen molar-refractivity contribution in [3.8, 4) is 23.0 Å². The number of likely N-dealkylation sites (N-methyl/N-ethyl adjacent to an activating group) is 2. The Morgan fingerprint density at radius 1 is 0.567 bits per heavy atom. The number of rotatable bonds is 16. The molecule has 0 spiro atoms. The second-order valence-electron chi connectivity index (χ2n) is 27.2. The lowest BCUT2D eigenvalue weighted by atomic mass is 9.55. The molecule has 4 heterocycles. The van der Waals surface area contributed by atoms with Gasteiger partial charge in [0.05, 0.1) is 100 Å². The van der Waals surface area contributed by atoms with Gasteiger partial charge in [-0.1, -0.05) is 13.8 Å². The third-order valence-corrected chi connectivity index (χ3v) is 21.6. The highest BCUT2D eigenvalue weighted by Crippen LogP contribution is 2.65. The van der Waals surface area contributed by atoms with E-state index in [0.717, 1.165) is 24.3 Å². The number of allylic oxidation sites excluding steroid dienone is 2. The number of carbonyl (C=O) groups is 3. The van der Waals surface area contributed by atoms with Gasteiger partial charge in [0.1, 0.15) is 69.8 Å². The largest absolute Gasteiger partial charge is 0.511 e. The van der Waals surface area contributed by atoms with Crippen LogP contribution in [0.15, 0.2) is 45.2 Å². The standard InChI is InChI=1S/C69H84N4O24/c1-14-68(96-41-23-37(87-11)58(80)27(5)92-41)53(63(85)44-30(66(68)94-39-21-35(78)56(72(7)8)25(3)90-39)20-29-43(44)60(82)46-32(75)17-16-31(74)45(46)59(29)81)54-64(86)50-49-51(62(84)48-34(77)19-18-33(76)47(48)61(49)83)55(71-70)52(50)67(95-40-22-36(79)57(73(9)10)26(4)91-40)69(54,15-2)97-42-24-38(88-12)65(89-13)28(6)93-42/h16-20,25-28,35-42,53-54,56-58,65-67,78-85H,14-15,21-24H2,1-13H3/t25-,26-,27+,28+,35-,36-,37+,38+,39+,40+,41+,42+,53-,54-,56-,57-,58+,65+,66+,67+,68-,69-/m0/s1. The second-order valence-corrected chi connectivity index (χ2v) is 27.2. The van der Waals surface area contributed by atoms with Crippen LogP contribution in [0.4, 0.5) is 0 Å². The monoisotopic (exact) mass is 1350 g/mol. The molecule has 22 atom stereocenters. The van der Waals surface area contributed by atoms with E-state index in [9.17, 15) is 65.6 Å². The first-order chi connectivity index (χ1) is 46.0. The minimum Gasteiger partial charge on any atom is -0.511 e. The molecule has 4 aromatic rings. The molecule has 12 rings (SSSR count). The first-order valence-electron chi connectivity index (χ1n) is 32.7. The van der Waals surface area contributed by atoms with E-state index in [0.29, 0.717) is 0 Å². The summed E-state index contributed by atoms with van der Waals surface area (Å²) < 4.78 is 74.5. The van der Waals surface area contributed by atoms with Gasteiger partial charge in [-0.2, -0.15) is 4.79 Å². The predicted octanol–water partition coefficient (Wildman–Crippen LogP) is 3.59. The lowest BCUT2D eigenvalue weighted by molar-refractivity contribution is -0.351. The summed E-state index contributed by atoms with van der Waals surface area (Å²) in [5, 5.41) is 97.8. The average molecular weight is 1350 g/mol. The quantitative estimate of drug-likeness (QED) is 0.0451. The van der Waals surface area contributed by atoms with E-state index in [1.165, 1.54) is 27.4 Å². The number of phenolic OH excluding ortho intramolecular Hbond substituents is 4. The molecule has 4 aliphatic heterocycles. The number of aromatic hydroxyl groups is 4. The highest BCUT2D eigenvalue weighted by molar-refractivity contribution is 6.26. The normalized spacial score (nSPS) is 36.7. The van der Waals surface area contributed by atoms with Crippen molar-refractivity contribution in [1.82, 2.24) is 9.80 Å². The zero-order valence-electron chi connectivity index (χ0n) is 56.1. The number of Topliss-reactive ketones (excluding diaryl/α,β-unsaturated/α-hetero) is 1. The Morgan fingerprint density at radius 3 is 1.55 bits per heavy atom. The van der Waals surface area contributed by atoms with Gasteiger partial charge in [-0.05, 0) is 105 Å². The summed E-state index contributed by atoms with van der Waals surface area (Å²) >= 11 is 0. The number of hydrogen-bond acceptors (Lipinski definition) is 26. The molecule has 0 saturated carbocycles. The molecule has 0 unspecified atom stereocenters. The highest BCUT2D eigenvalue weighted by atomic mass is 16.7.